The topological polar surface area (TPSA) is 41.3 Å². The number of piperidine rings is 1. The van der Waals surface area contributed by atoms with Gasteiger partial charge in [-0.25, -0.2) is 9.40 Å². The summed E-state index contributed by atoms with van der Waals surface area (Å²) in [4.78, 5) is 0. The fourth-order valence-corrected chi connectivity index (χ4v) is 2.81. The Labute approximate surface area is 117 Å². The summed E-state index contributed by atoms with van der Waals surface area (Å²) >= 11 is 0. The van der Waals surface area contributed by atoms with Crippen LogP contribution in [0.25, 0.3) is 11.0 Å². The maximum Gasteiger partial charge on any atom is 0.170 e. The molecule has 1 aromatic heterocycles. The smallest absolute Gasteiger partial charge is 0.170 e. The molecule has 2 heterocycles. The molecule has 1 N–H and O–H groups in total. The lowest BCUT2D eigenvalue weighted by atomic mass is 9.92. The van der Waals surface area contributed by atoms with Crippen molar-refractivity contribution in [3.63, 3.8) is 0 Å². The highest BCUT2D eigenvalue weighted by molar-refractivity contribution is 5.79. The molecule has 0 amide bonds. The van der Waals surface area contributed by atoms with Crippen molar-refractivity contribution in [2.75, 3.05) is 19.6 Å². The quantitative estimate of drug-likeness (QED) is 0.932. The summed E-state index contributed by atoms with van der Waals surface area (Å²) in [5.74, 6) is 0.125. The predicted molar refractivity (Wildman–Crippen MR) is 75.8 cm³/mol. The Morgan fingerprint density at radius 1 is 1.40 bits per heavy atom. The zero-order valence-corrected chi connectivity index (χ0v) is 11.7. The molecule has 0 unspecified atom stereocenters. The molecule has 1 aliphatic heterocycles. The molecule has 0 aliphatic carbocycles. The molecule has 2 aromatic rings. The second-order valence-corrected chi connectivity index (χ2v) is 5.38. The average molecular weight is 277 g/mol. The summed E-state index contributed by atoms with van der Waals surface area (Å²) < 4.78 is 18.4. The molecule has 108 valence electrons. The third-order valence-corrected chi connectivity index (χ3v) is 3.93. The minimum absolute atomic E-state index is 0.279. The Kier molecular flexibility index (Phi) is 3.98. The van der Waals surface area contributed by atoms with Crippen molar-refractivity contribution in [2.24, 2.45) is 0 Å². The van der Waals surface area contributed by atoms with Crippen molar-refractivity contribution in [1.82, 2.24) is 15.6 Å². The summed E-state index contributed by atoms with van der Waals surface area (Å²) in [6, 6.07) is 4.66. The molecule has 0 saturated carbocycles. The van der Waals surface area contributed by atoms with Crippen molar-refractivity contribution >= 4 is 11.0 Å². The van der Waals surface area contributed by atoms with Crippen molar-refractivity contribution in [2.45, 2.75) is 32.1 Å². The van der Waals surface area contributed by atoms with E-state index < -0.39 is 0 Å². The van der Waals surface area contributed by atoms with Gasteiger partial charge in [-0.15, -0.1) is 0 Å². The van der Waals surface area contributed by atoms with Crippen LogP contribution in [0.3, 0.4) is 0 Å². The molecular weight excluding hydrogens is 257 g/mol. The number of halogens is 1. The first-order valence-electron chi connectivity index (χ1n) is 7.31. The van der Waals surface area contributed by atoms with Gasteiger partial charge < -0.3 is 4.52 Å². The Hall–Kier alpha value is -1.46. The number of hydrogen-bond donors (Lipinski definition) is 1. The molecule has 0 atom stereocenters. The van der Waals surface area contributed by atoms with Crippen LogP contribution in [0.2, 0.25) is 0 Å². The van der Waals surface area contributed by atoms with Gasteiger partial charge in [0.15, 0.2) is 5.58 Å². The number of hydrogen-bond acceptors (Lipinski definition) is 4. The lowest BCUT2D eigenvalue weighted by molar-refractivity contribution is 0.142. The van der Waals surface area contributed by atoms with E-state index in [1.807, 2.05) is 0 Å². The van der Waals surface area contributed by atoms with Gasteiger partial charge in [0.1, 0.15) is 5.82 Å². The molecule has 5 heteroatoms. The number of hydrazine groups is 1. The van der Waals surface area contributed by atoms with Gasteiger partial charge in [0.25, 0.3) is 0 Å². The number of nitrogens with one attached hydrogen (secondary N) is 1. The van der Waals surface area contributed by atoms with E-state index in [1.165, 1.54) is 12.1 Å². The van der Waals surface area contributed by atoms with E-state index in [9.17, 15) is 4.39 Å². The number of rotatable bonds is 4. The summed E-state index contributed by atoms with van der Waals surface area (Å²) in [7, 11) is 0. The van der Waals surface area contributed by atoms with Gasteiger partial charge in [0.05, 0.1) is 5.69 Å². The van der Waals surface area contributed by atoms with Crippen LogP contribution < -0.4 is 5.43 Å². The minimum Gasteiger partial charge on any atom is -0.356 e. The van der Waals surface area contributed by atoms with Crippen LogP contribution in [0.15, 0.2) is 22.7 Å². The minimum atomic E-state index is -0.279. The van der Waals surface area contributed by atoms with Crippen molar-refractivity contribution in [3.8, 4) is 0 Å². The molecule has 1 fully saturated rings. The second-order valence-electron chi connectivity index (χ2n) is 5.38. The monoisotopic (exact) mass is 277 g/mol. The van der Waals surface area contributed by atoms with E-state index in [2.05, 4.69) is 22.5 Å². The van der Waals surface area contributed by atoms with Crippen LogP contribution in [0, 0.1) is 5.82 Å². The largest absolute Gasteiger partial charge is 0.356 e. The number of benzene rings is 1. The van der Waals surface area contributed by atoms with Crippen molar-refractivity contribution in [1.29, 1.82) is 0 Å². The third kappa shape index (κ3) is 2.69. The first-order valence-corrected chi connectivity index (χ1v) is 7.31. The van der Waals surface area contributed by atoms with E-state index >= 15 is 0 Å². The first kappa shape index (κ1) is 13.5. The maximum absolute atomic E-state index is 13.2. The molecule has 20 heavy (non-hydrogen) atoms. The second kappa shape index (κ2) is 5.89. The summed E-state index contributed by atoms with van der Waals surface area (Å²) in [5.41, 5.74) is 4.95. The highest BCUT2D eigenvalue weighted by Crippen LogP contribution is 2.32. The van der Waals surface area contributed by atoms with E-state index in [0.717, 1.165) is 50.0 Å². The van der Waals surface area contributed by atoms with Crippen LogP contribution >= 0.6 is 0 Å². The summed E-state index contributed by atoms with van der Waals surface area (Å²) in [6.45, 7) is 5.22. The fourth-order valence-electron chi connectivity index (χ4n) is 2.81. The van der Waals surface area contributed by atoms with Crippen molar-refractivity contribution in [3.05, 3.63) is 29.7 Å². The summed E-state index contributed by atoms with van der Waals surface area (Å²) in [6.07, 6.45) is 3.24. The van der Waals surface area contributed by atoms with Crippen LogP contribution in [0.1, 0.15) is 37.8 Å². The Morgan fingerprint density at radius 3 is 2.95 bits per heavy atom. The van der Waals surface area contributed by atoms with Crippen LogP contribution in [-0.4, -0.2) is 29.8 Å². The highest BCUT2D eigenvalue weighted by atomic mass is 19.1. The molecular formula is C15H20FN3O. The molecule has 4 nitrogen and oxygen atoms in total. The van der Waals surface area contributed by atoms with Crippen LogP contribution in [0.4, 0.5) is 4.39 Å². The number of fused-ring (bicyclic) bond motifs is 1. The average Bonchev–Trinajstić information content (AvgIpc) is 2.88. The van der Waals surface area contributed by atoms with Gasteiger partial charge in [0, 0.05) is 37.0 Å². The van der Waals surface area contributed by atoms with Gasteiger partial charge >= 0.3 is 0 Å². The van der Waals surface area contributed by atoms with Crippen LogP contribution in [-0.2, 0) is 0 Å². The molecule has 3 rings (SSSR count). The zero-order chi connectivity index (χ0) is 13.9. The van der Waals surface area contributed by atoms with Gasteiger partial charge in [0.2, 0.25) is 0 Å². The van der Waals surface area contributed by atoms with Gasteiger partial charge in [-0.05, 0) is 31.4 Å². The third-order valence-electron chi connectivity index (χ3n) is 3.93. The fraction of sp³-hybridized carbons (Fsp3) is 0.533. The van der Waals surface area contributed by atoms with E-state index in [1.54, 1.807) is 6.07 Å². The number of aromatic nitrogens is 1. The molecule has 0 radical (unpaired) electrons. The van der Waals surface area contributed by atoms with E-state index in [0.29, 0.717) is 11.5 Å². The van der Waals surface area contributed by atoms with Gasteiger partial charge in [-0.2, -0.15) is 0 Å². The van der Waals surface area contributed by atoms with Gasteiger partial charge in [-0.3, -0.25) is 5.43 Å². The van der Waals surface area contributed by atoms with Crippen molar-refractivity contribution < 1.29 is 8.91 Å². The summed E-state index contributed by atoms with van der Waals surface area (Å²) in [5, 5.41) is 7.40. The molecule has 0 spiro atoms. The Bertz CT molecular complexity index is 576. The normalized spacial score (nSPS) is 17.9. The number of nitrogens with zero attached hydrogens (tertiary/aromatic N) is 2. The molecule has 1 aliphatic rings. The van der Waals surface area contributed by atoms with Crippen LogP contribution in [0.5, 0.6) is 0 Å². The molecule has 0 bridgehead atoms. The zero-order valence-electron chi connectivity index (χ0n) is 11.7. The SMILES string of the molecule is CCCNN1CCC(c2noc3cc(F)ccc23)CC1. The lowest BCUT2D eigenvalue weighted by Gasteiger charge is -2.31. The predicted octanol–water partition coefficient (Wildman–Crippen LogP) is 3.06. The van der Waals surface area contributed by atoms with Gasteiger partial charge in [-0.1, -0.05) is 12.1 Å². The van der Waals surface area contributed by atoms with E-state index in [4.69, 9.17) is 4.52 Å². The van der Waals surface area contributed by atoms with E-state index in [-0.39, 0.29) is 5.82 Å². The maximum atomic E-state index is 13.2. The molecule has 1 saturated heterocycles. The lowest BCUT2D eigenvalue weighted by Crippen LogP contribution is -2.43. The first-order chi connectivity index (χ1) is 9.78. The highest BCUT2D eigenvalue weighted by Gasteiger charge is 2.24. The Morgan fingerprint density at radius 2 is 2.20 bits per heavy atom. The standard InChI is InChI=1S/C15H20FN3O/c1-2-7-17-19-8-5-11(6-9-19)15-13-4-3-12(16)10-14(13)20-18-15/h3-4,10-11,17H,2,5-9H2,1H3. The molecule has 1 aromatic carbocycles. The Balaban J connectivity index is 1.70.